The molecule has 0 N–H and O–H groups in total. The summed E-state index contributed by atoms with van der Waals surface area (Å²) < 4.78 is 31.0. The van der Waals surface area contributed by atoms with Crippen molar-refractivity contribution in [2.45, 2.75) is 4.90 Å². The summed E-state index contributed by atoms with van der Waals surface area (Å²) in [6, 6.07) is 6.37. The van der Waals surface area contributed by atoms with Gasteiger partial charge in [-0.15, -0.1) is 0 Å². The molecule has 0 radical (unpaired) electrons. The first kappa shape index (κ1) is 18.8. The predicted octanol–water partition coefficient (Wildman–Crippen LogP) is 0.480. The molecule has 0 spiro atoms. The Labute approximate surface area is 165 Å². The molecule has 148 valence electrons. The average Bonchev–Trinajstić information content (AvgIpc) is 3.24. The zero-order valence-electron chi connectivity index (χ0n) is 15.4. The molecular weight excluding hydrogens is 402 g/mol. The van der Waals surface area contributed by atoms with Crippen molar-refractivity contribution < 1.29 is 13.2 Å². The summed E-state index contributed by atoms with van der Waals surface area (Å²) in [5.74, 6) is -0.160. The van der Waals surface area contributed by atoms with Gasteiger partial charge in [0.15, 0.2) is 0 Å². The van der Waals surface area contributed by atoms with Crippen LogP contribution < -0.4 is 4.87 Å². The standard InChI is InChI=1S/C17H19N5O4S2/c1-19-13-4-3-12(11-15(13)27-17(19)24)28(25,26)22-9-7-21(8-10-22)16(23)14-5-6-18-20(14)2/h3-6,11H,7-10H2,1-2H3. The molecule has 1 amide bonds. The van der Waals surface area contributed by atoms with E-state index in [0.29, 0.717) is 29.0 Å². The number of amides is 1. The van der Waals surface area contributed by atoms with Crippen molar-refractivity contribution in [2.75, 3.05) is 26.2 Å². The number of carbonyl (C=O) groups excluding carboxylic acids is 1. The molecule has 3 heterocycles. The summed E-state index contributed by atoms with van der Waals surface area (Å²) in [5.41, 5.74) is 1.18. The lowest BCUT2D eigenvalue weighted by Gasteiger charge is -2.34. The Hall–Kier alpha value is -2.50. The van der Waals surface area contributed by atoms with Gasteiger partial charge < -0.3 is 9.47 Å². The Morgan fingerprint density at radius 2 is 1.82 bits per heavy atom. The fourth-order valence-corrected chi connectivity index (χ4v) is 5.74. The van der Waals surface area contributed by atoms with Gasteiger partial charge in [-0.3, -0.25) is 14.3 Å². The number of benzene rings is 1. The van der Waals surface area contributed by atoms with Crippen LogP contribution in [0, 0.1) is 0 Å². The molecule has 1 aromatic carbocycles. The number of rotatable bonds is 3. The van der Waals surface area contributed by atoms with Crippen LogP contribution in [0.25, 0.3) is 10.2 Å². The van der Waals surface area contributed by atoms with Gasteiger partial charge in [-0.2, -0.15) is 9.40 Å². The van der Waals surface area contributed by atoms with Crippen molar-refractivity contribution >= 4 is 37.5 Å². The van der Waals surface area contributed by atoms with Crippen LogP contribution in [0.15, 0.2) is 40.2 Å². The molecule has 2 aromatic heterocycles. The minimum Gasteiger partial charge on any atom is -0.335 e. The summed E-state index contributed by atoms with van der Waals surface area (Å²) in [6.07, 6.45) is 1.56. The molecule has 11 heteroatoms. The lowest BCUT2D eigenvalue weighted by atomic mass is 10.3. The normalized spacial score (nSPS) is 16.0. The third-order valence-electron chi connectivity index (χ3n) is 4.97. The van der Waals surface area contributed by atoms with Crippen molar-refractivity contribution in [3.63, 3.8) is 0 Å². The number of piperazine rings is 1. The Morgan fingerprint density at radius 3 is 2.46 bits per heavy atom. The quantitative estimate of drug-likeness (QED) is 0.613. The van der Waals surface area contributed by atoms with Gasteiger partial charge in [0.25, 0.3) is 5.91 Å². The van der Waals surface area contributed by atoms with E-state index in [1.54, 1.807) is 43.4 Å². The first-order valence-electron chi connectivity index (χ1n) is 8.66. The number of sulfonamides is 1. The fourth-order valence-electron chi connectivity index (χ4n) is 3.30. The molecule has 3 aromatic rings. The second-order valence-electron chi connectivity index (χ2n) is 6.59. The van der Waals surface area contributed by atoms with Crippen LogP contribution in [-0.2, 0) is 24.1 Å². The van der Waals surface area contributed by atoms with Gasteiger partial charge >= 0.3 is 4.87 Å². The molecule has 1 fully saturated rings. The topological polar surface area (TPSA) is 97.5 Å². The second kappa shape index (κ2) is 6.83. The Balaban J connectivity index is 1.53. The van der Waals surface area contributed by atoms with Crippen LogP contribution in [0.4, 0.5) is 0 Å². The zero-order valence-corrected chi connectivity index (χ0v) is 17.0. The molecule has 0 atom stereocenters. The summed E-state index contributed by atoms with van der Waals surface area (Å²) >= 11 is 1.02. The third-order valence-corrected chi connectivity index (χ3v) is 7.86. The molecule has 1 aliphatic rings. The highest BCUT2D eigenvalue weighted by molar-refractivity contribution is 7.89. The largest absolute Gasteiger partial charge is 0.335 e. The van der Waals surface area contributed by atoms with Crippen LogP contribution in [0.1, 0.15) is 10.5 Å². The first-order valence-corrected chi connectivity index (χ1v) is 10.9. The molecule has 28 heavy (non-hydrogen) atoms. The molecule has 9 nitrogen and oxygen atoms in total. The van der Waals surface area contributed by atoms with E-state index >= 15 is 0 Å². The highest BCUT2D eigenvalue weighted by Crippen LogP contribution is 2.24. The smallest absolute Gasteiger partial charge is 0.307 e. The molecule has 4 rings (SSSR count). The van der Waals surface area contributed by atoms with Gasteiger partial charge in [0.1, 0.15) is 5.69 Å². The Morgan fingerprint density at radius 1 is 1.11 bits per heavy atom. The van der Waals surface area contributed by atoms with E-state index < -0.39 is 10.0 Å². The maximum Gasteiger partial charge on any atom is 0.307 e. The highest BCUT2D eigenvalue weighted by Gasteiger charge is 2.31. The second-order valence-corrected chi connectivity index (χ2v) is 9.52. The maximum atomic E-state index is 13.0. The Kier molecular flexibility index (Phi) is 4.60. The number of nitrogens with zero attached hydrogens (tertiary/aromatic N) is 5. The van der Waals surface area contributed by atoms with E-state index in [9.17, 15) is 18.0 Å². The summed E-state index contributed by atoms with van der Waals surface area (Å²) in [4.78, 5) is 26.0. The Bertz CT molecular complexity index is 1220. The number of aryl methyl sites for hydroxylation is 2. The predicted molar refractivity (Wildman–Crippen MR) is 105 cm³/mol. The van der Waals surface area contributed by atoms with E-state index in [1.165, 1.54) is 19.6 Å². The van der Waals surface area contributed by atoms with Gasteiger partial charge in [-0.25, -0.2) is 8.42 Å². The highest BCUT2D eigenvalue weighted by atomic mass is 32.2. The average molecular weight is 422 g/mol. The third kappa shape index (κ3) is 3.05. The van der Waals surface area contributed by atoms with Crippen molar-refractivity contribution in [3.8, 4) is 0 Å². The minimum atomic E-state index is -3.70. The molecule has 0 unspecified atom stereocenters. The van der Waals surface area contributed by atoms with Crippen LogP contribution in [0.5, 0.6) is 0 Å². The van der Waals surface area contributed by atoms with Crippen LogP contribution in [0.3, 0.4) is 0 Å². The van der Waals surface area contributed by atoms with Crippen LogP contribution in [-0.4, -0.2) is 64.1 Å². The van der Waals surface area contributed by atoms with Crippen LogP contribution >= 0.6 is 11.3 Å². The summed E-state index contributed by atoms with van der Waals surface area (Å²) in [6.45, 7) is 1.05. The fraction of sp³-hybridized carbons (Fsp3) is 0.353. The molecule has 0 aliphatic carbocycles. The monoisotopic (exact) mass is 421 g/mol. The number of hydrogen-bond donors (Lipinski definition) is 0. The number of carbonyl (C=O) groups is 1. The van der Waals surface area contributed by atoms with E-state index in [0.717, 1.165) is 11.3 Å². The lowest BCUT2D eigenvalue weighted by molar-refractivity contribution is 0.0687. The molecule has 0 bridgehead atoms. The summed E-state index contributed by atoms with van der Waals surface area (Å²) in [7, 11) is -0.338. The SMILES string of the molecule is Cn1nccc1C(=O)N1CCN(S(=O)(=O)c2ccc3c(c2)sc(=O)n3C)CC1. The lowest BCUT2D eigenvalue weighted by Crippen LogP contribution is -2.50. The number of fused-ring (bicyclic) bond motifs is 1. The summed E-state index contributed by atoms with van der Waals surface area (Å²) in [5, 5.41) is 4.00. The van der Waals surface area contributed by atoms with Crippen molar-refractivity contribution in [1.82, 2.24) is 23.6 Å². The van der Waals surface area contributed by atoms with Gasteiger partial charge in [0, 0.05) is 46.5 Å². The number of aromatic nitrogens is 3. The van der Waals surface area contributed by atoms with Crippen molar-refractivity contribution in [1.29, 1.82) is 0 Å². The van der Waals surface area contributed by atoms with E-state index in [2.05, 4.69) is 5.10 Å². The van der Waals surface area contributed by atoms with Gasteiger partial charge in [-0.1, -0.05) is 11.3 Å². The molecular formula is C17H19N5O4S2. The maximum absolute atomic E-state index is 13.0. The zero-order chi connectivity index (χ0) is 20.1. The van der Waals surface area contributed by atoms with Crippen molar-refractivity contribution in [3.05, 3.63) is 45.8 Å². The number of thiazole rings is 1. The van der Waals surface area contributed by atoms with Gasteiger partial charge in [0.2, 0.25) is 10.0 Å². The van der Waals surface area contributed by atoms with Crippen molar-refractivity contribution in [2.24, 2.45) is 14.1 Å². The van der Waals surface area contributed by atoms with E-state index in [-0.39, 0.29) is 28.8 Å². The first-order chi connectivity index (χ1) is 13.3. The van der Waals surface area contributed by atoms with E-state index in [4.69, 9.17) is 0 Å². The van der Waals surface area contributed by atoms with Crippen LogP contribution in [0.2, 0.25) is 0 Å². The molecule has 0 saturated carbocycles. The minimum absolute atomic E-state index is 0.133. The van der Waals surface area contributed by atoms with E-state index in [1.807, 2.05) is 0 Å². The van der Waals surface area contributed by atoms with Gasteiger partial charge in [0.05, 0.1) is 15.1 Å². The molecule has 1 saturated heterocycles. The number of hydrogen-bond acceptors (Lipinski definition) is 6. The van der Waals surface area contributed by atoms with Gasteiger partial charge in [-0.05, 0) is 24.3 Å². The molecule has 1 aliphatic heterocycles.